The van der Waals surface area contributed by atoms with Crippen molar-refractivity contribution in [1.82, 2.24) is 0 Å². The van der Waals surface area contributed by atoms with E-state index in [0.717, 1.165) is 32.5 Å². The summed E-state index contributed by atoms with van der Waals surface area (Å²) in [6, 6.07) is 0. The van der Waals surface area contributed by atoms with Gasteiger partial charge in [-0.1, -0.05) is 33.6 Å². The van der Waals surface area contributed by atoms with Crippen LogP contribution in [0.5, 0.6) is 0 Å². The molecule has 0 saturated carbocycles. The van der Waals surface area contributed by atoms with Gasteiger partial charge < -0.3 is 9.47 Å². The monoisotopic (exact) mass is 228 g/mol. The Morgan fingerprint density at radius 2 is 1.44 bits per heavy atom. The third-order valence-electron chi connectivity index (χ3n) is 3.56. The van der Waals surface area contributed by atoms with Crippen molar-refractivity contribution in [2.45, 2.75) is 71.5 Å². The first-order valence-corrected chi connectivity index (χ1v) is 7.04. The second-order valence-electron chi connectivity index (χ2n) is 5.01. The molecule has 0 aromatic rings. The van der Waals surface area contributed by atoms with Crippen molar-refractivity contribution in [3.05, 3.63) is 0 Å². The minimum Gasteiger partial charge on any atom is -0.350 e. The Labute approximate surface area is 101 Å². The van der Waals surface area contributed by atoms with Gasteiger partial charge in [-0.15, -0.1) is 0 Å². The summed E-state index contributed by atoms with van der Waals surface area (Å²) in [7, 11) is 0. The summed E-state index contributed by atoms with van der Waals surface area (Å²) >= 11 is 0. The number of hydrogen-bond acceptors (Lipinski definition) is 2. The van der Waals surface area contributed by atoms with Gasteiger partial charge in [0.05, 0.1) is 13.2 Å². The minimum atomic E-state index is -0.238. The molecule has 2 nitrogen and oxygen atoms in total. The molecular formula is C14H28O2. The zero-order chi connectivity index (χ0) is 11.9. The van der Waals surface area contributed by atoms with Gasteiger partial charge in [0, 0.05) is 18.8 Å². The molecule has 0 amide bonds. The molecule has 0 atom stereocenters. The molecule has 16 heavy (non-hydrogen) atoms. The van der Waals surface area contributed by atoms with E-state index in [1.165, 1.54) is 25.7 Å². The maximum absolute atomic E-state index is 6.05. The molecule has 1 aliphatic rings. The van der Waals surface area contributed by atoms with E-state index in [1.807, 2.05) is 0 Å². The Hall–Kier alpha value is -0.0800. The number of unbranched alkanes of at least 4 members (excludes halogenated alkanes) is 2. The summed E-state index contributed by atoms with van der Waals surface area (Å²) in [6.07, 6.45) is 8.16. The van der Waals surface area contributed by atoms with Crippen molar-refractivity contribution in [1.29, 1.82) is 0 Å². The predicted octanol–water partition coefficient (Wildman–Crippen LogP) is 4.14. The maximum atomic E-state index is 6.05. The molecule has 0 spiro atoms. The van der Waals surface area contributed by atoms with E-state index in [-0.39, 0.29) is 5.79 Å². The van der Waals surface area contributed by atoms with Gasteiger partial charge in [0.15, 0.2) is 5.79 Å². The molecule has 0 N–H and O–H groups in total. The van der Waals surface area contributed by atoms with Crippen molar-refractivity contribution >= 4 is 0 Å². The van der Waals surface area contributed by atoms with Gasteiger partial charge in [-0.25, -0.2) is 0 Å². The highest BCUT2D eigenvalue weighted by Gasteiger charge is 2.35. The number of ether oxygens (including phenoxy) is 2. The Bertz CT molecular complexity index is 162. The molecule has 96 valence electrons. The van der Waals surface area contributed by atoms with Gasteiger partial charge >= 0.3 is 0 Å². The van der Waals surface area contributed by atoms with Gasteiger partial charge in [-0.3, -0.25) is 0 Å². The molecule has 1 heterocycles. The summed E-state index contributed by atoms with van der Waals surface area (Å²) in [6.45, 7) is 8.45. The third-order valence-corrected chi connectivity index (χ3v) is 3.56. The van der Waals surface area contributed by atoms with E-state index in [2.05, 4.69) is 20.8 Å². The zero-order valence-electron chi connectivity index (χ0n) is 11.3. The number of hydrogen-bond donors (Lipinski definition) is 0. The predicted molar refractivity (Wildman–Crippen MR) is 67.5 cm³/mol. The SMILES string of the molecule is CCCCC1(CCCC)OCC(CC)CO1. The van der Waals surface area contributed by atoms with Crippen LogP contribution in [-0.4, -0.2) is 19.0 Å². The molecule has 1 fully saturated rings. The largest absolute Gasteiger partial charge is 0.350 e. The lowest BCUT2D eigenvalue weighted by atomic mass is 9.99. The fraction of sp³-hybridized carbons (Fsp3) is 1.00. The highest BCUT2D eigenvalue weighted by atomic mass is 16.7. The molecule has 1 aliphatic heterocycles. The van der Waals surface area contributed by atoms with E-state index in [4.69, 9.17) is 9.47 Å². The molecule has 2 heteroatoms. The van der Waals surface area contributed by atoms with Gasteiger partial charge in [0.25, 0.3) is 0 Å². The van der Waals surface area contributed by atoms with E-state index in [0.29, 0.717) is 5.92 Å². The van der Waals surface area contributed by atoms with Gasteiger partial charge in [0.1, 0.15) is 0 Å². The van der Waals surface area contributed by atoms with Crippen LogP contribution in [-0.2, 0) is 9.47 Å². The standard InChI is InChI=1S/C14H28O2/c1-4-7-9-14(10-8-5-2)15-11-13(6-3)12-16-14/h13H,4-12H2,1-3H3. The minimum absolute atomic E-state index is 0.238. The quantitative estimate of drug-likeness (QED) is 0.652. The zero-order valence-corrected chi connectivity index (χ0v) is 11.3. The van der Waals surface area contributed by atoms with Gasteiger partial charge in [0.2, 0.25) is 0 Å². The average Bonchev–Trinajstić information content (AvgIpc) is 2.35. The van der Waals surface area contributed by atoms with E-state index >= 15 is 0 Å². The smallest absolute Gasteiger partial charge is 0.168 e. The topological polar surface area (TPSA) is 18.5 Å². The molecular weight excluding hydrogens is 200 g/mol. The first-order chi connectivity index (χ1) is 7.76. The Balaban J connectivity index is 2.44. The van der Waals surface area contributed by atoms with Crippen LogP contribution in [0, 0.1) is 5.92 Å². The number of rotatable bonds is 7. The molecule has 0 radical (unpaired) electrons. The Morgan fingerprint density at radius 1 is 0.938 bits per heavy atom. The van der Waals surface area contributed by atoms with Crippen molar-refractivity contribution in [3.8, 4) is 0 Å². The summed E-state index contributed by atoms with van der Waals surface area (Å²) in [5, 5.41) is 0. The van der Waals surface area contributed by atoms with Gasteiger partial charge in [-0.2, -0.15) is 0 Å². The van der Waals surface area contributed by atoms with E-state index in [1.54, 1.807) is 0 Å². The first-order valence-electron chi connectivity index (χ1n) is 7.04. The van der Waals surface area contributed by atoms with Crippen molar-refractivity contribution in [2.24, 2.45) is 5.92 Å². The molecule has 0 unspecified atom stereocenters. The highest BCUT2D eigenvalue weighted by molar-refractivity contribution is 4.75. The Morgan fingerprint density at radius 3 is 1.81 bits per heavy atom. The third kappa shape index (κ3) is 4.06. The average molecular weight is 228 g/mol. The second kappa shape index (κ2) is 7.29. The molecule has 1 saturated heterocycles. The lowest BCUT2D eigenvalue weighted by Crippen LogP contribution is -2.44. The summed E-state index contributed by atoms with van der Waals surface area (Å²) in [5.74, 6) is 0.369. The van der Waals surface area contributed by atoms with Gasteiger partial charge in [-0.05, 0) is 19.3 Å². The van der Waals surface area contributed by atoms with Crippen LogP contribution in [0.1, 0.15) is 65.7 Å². The summed E-state index contributed by atoms with van der Waals surface area (Å²) in [4.78, 5) is 0. The fourth-order valence-corrected chi connectivity index (χ4v) is 2.17. The molecule has 0 aromatic heterocycles. The normalized spacial score (nSPS) is 21.2. The van der Waals surface area contributed by atoms with Crippen molar-refractivity contribution in [3.63, 3.8) is 0 Å². The lowest BCUT2D eigenvalue weighted by molar-refractivity contribution is -0.290. The highest BCUT2D eigenvalue weighted by Crippen LogP contribution is 2.32. The van der Waals surface area contributed by atoms with Crippen molar-refractivity contribution in [2.75, 3.05) is 13.2 Å². The maximum Gasteiger partial charge on any atom is 0.168 e. The lowest BCUT2D eigenvalue weighted by Gasteiger charge is -2.40. The molecule has 0 aliphatic carbocycles. The Kier molecular flexibility index (Phi) is 6.37. The van der Waals surface area contributed by atoms with Crippen LogP contribution in [0.25, 0.3) is 0 Å². The van der Waals surface area contributed by atoms with Crippen molar-refractivity contribution < 1.29 is 9.47 Å². The van der Waals surface area contributed by atoms with Crippen LogP contribution < -0.4 is 0 Å². The van der Waals surface area contributed by atoms with E-state index in [9.17, 15) is 0 Å². The summed E-state index contributed by atoms with van der Waals surface area (Å²) < 4.78 is 12.1. The van der Waals surface area contributed by atoms with Crippen LogP contribution in [0.4, 0.5) is 0 Å². The van der Waals surface area contributed by atoms with E-state index < -0.39 is 0 Å². The molecule has 0 aromatic carbocycles. The molecule has 1 rings (SSSR count). The van der Waals surface area contributed by atoms with Crippen LogP contribution in [0.15, 0.2) is 0 Å². The van der Waals surface area contributed by atoms with Crippen LogP contribution >= 0.6 is 0 Å². The van der Waals surface area contributed by atoms with Crippen LogP contribution in [0.2, 0.25) is 0 Å². The fourth-order valence-electron chi connectivity index (χ4n) is 2.17. The first kappa shape index (κ1) is 14.0. The second-order valence-corrected chi connectivity index (χ2v) is 5.01. The molecule has 0 bridgehead atoms. The van der Waals surface area contributed by atoms with Crippen LogP contribution in [0.3, 0.4) is 0 Å². The summed E-state index contributed by atoms with van der Waals surface area (Å²) in [5.41, 5.74) is 0.